The molecule has 25 heavy (non-hydrogen) atoms. The van der Waals surface area contributed by atoms with Crippen LogP contribution in [0.4, 0.5) is 0 Å². The first-order valence-electron chi connectivity index (χ1n) is 8.65. The Kier molecular flexibility index (Phi) is 5.87. The zero-order chi connectivity index (χ0) is 18.0. The zero-order valence-electron chi connectivity index (χ0n) is 14.4. The van der Waals surface area contributed by atoms with Crippen LogP contribution < -0.4 is 0 Å². The minimum absolute atomic E-state index is 0.0753. The predicted molar refractivity (Wildman–Crippen MR) is 98.7 cm³/mol. The highest BCUT2D eigenvalue weighted by Gasteiger charge is 2.32. The van der Waals surface area contributed by atoms with Crippen LogP contribution in [0, 0.1) is 0 Å². The molecule has 2 fully saturated rings. The summed E-state index contributed by atoms with van der Waals surface area (Å²) in [6, 6.07) is 6.10. The van der Waals surface area contributed by atoms with Crippen LogP contribution >= 0.6 is 23.2 Å². The maximum Gasteiger partial charge on any atom is 0.236 e. The van der Waals surface area contributed by atoms with Crippen molar-refractivity contribution in [3.63, 3.8) is 0 Å². The van der Waals surface area contributed by atoms with E-state index in [1.165, 1.54) is 0 Å². The standard InChI is InChI=1S/C18H23Cl2N3O2/c1-13(24)21-6-8-22(9-7-21)18(25)12-23(15-3-4-15)11-14-2-5-16(19)17(20)10-14/h2,5,10,15H,3-4,6-9,11-12H2,1H3. The van der Waals surface area contributed by atoms with Crippen LogP contribution in [0.2, 0.25) is 10.0 Å². The van der Waals surface area contributed by atoms with E-state index in [2.05, 4.69) is 4.90 Å². The molecule has 5 nitrogen and oxygen atoms in total. The van der Waals surface area contributed by atoms with Gasteiger partial charge >= 0.3 is 0 Å². The number of benzene rings is 1. The molecule has 1 aliphatic carbocycles. The van der Waals surface area contributed by atoms with Gasteiger partial charge in [0.15, 0.2) is 0 Å². The van der Waals surface area contributed by atoms with E-state index < -0.39 is 0 Å². The fourth-order valence-corrected chi connectivity index (χ4v) is 3.49. The van der Waals surface area contributed by atoms with Crippen molar-refractivity contribution in [2.75, 3.05) is 32.7 Å². The molecule has 1 aromatic rings. The fraction of sp³-hybridized carbons (Fsp3) is 0.556. The highest BCUT2D eigenvalue weighted by atomic mass is 35.5. The molecule has 2 amide bonds. The SMILES string of the molecule is CC(=O)N1CCN(C(=O)CN(Cc2ccc(Cl)c(Cl)c2)C2CC2)CC1. The molecular weight excluding hydrogens is 361 g/mol. The molecule has 0 aromatic heterocycles. The average molecular weight is 384 g/mol. The van der Waals surface area contributed by atoms with Crippen LogP contribution in [0.15, 0.2) is 18.2 Å². The van der Waals surface area contributed by atoms with Gasteiger partial charge in [-0.2, -0.15) is 0 Å². The van der Waals surface area contributed by atoms with Gasteiger partial charge in [-0.25, -0.2) is 0 Å². The van der Waals surface area contributed by atoms with E-state index in [1.807, 2.05) is 17.0 Å². The molecule has 1 heterocycles. The lowest BCUT2D eigenvalue weighted by molar-refractivity contribution is -0.139. The third-order valence-corrected chi connectivity index (χ3v) is 5.59. The molecule has 0 spiro atoms. The van der Waals surface area contributed by atoms with Crippen molar-refractivity contribution in [1.82, 2.24) is 14.7 Å². The number of rotatable bonds is 5. The Morgan fingerprint density at radius 2 is 1.72 bits per heavy atom. The van der Waals surface area contributed by atoms with E-state index >= 15 is 0 Å². The molecule has 1 aliphatic heterocycles. The summed E-state index contributed by atoms with van der Waals surface area (Å²) < 4.78 is 0. The van der Waals surface area contributed by atoms with Gasteiger partial charge in [0.2, 0.25) is 11.8 Å². The summed E-state index contributed by atoms with van der Waals surface area (Å²) in [5.41, 5.74) is 1.07. The third-order valence-electron chi connectivity index (χ3n) is 4.85. The predicted octanol–water partition coefficient (Wildman–Crippen LogP) is 2.65. The van der Waals surface area contributed by atoms with Crippen molar-refractivity contribution >= 4 is 35.0 Å². The maximum absolute atomic E-state index is 12.7. The Morgan fingerprint density at radius 1 is 1.08 bits per heavy atom. The number of halogens is 2. The molecule has 0 atom stereocenters. The van der Waals surface area contributed by atoms with Gasteiger partial charge in [-0.1, -0.05) is 29.3 Å². The second-order valence-corrected chi connectivity index (χ2v) is 7.59. The second-order valence-electron chi connectivity index (χ2n) is 6.77. The van der Waals surface area contributed by atoms with Gasteiger partial charge in [0.1, 0.15) is 0 Å². The largest absolute Gasteiger partial charge is 0.339 e. The lowest BCUT2D eigenvalue weighted by atomic mass is 10.2. The van der Waals surface area contributed by atoms with Gasteiger partial charge in [0.25, 0.3) is 0 Å². The number of carbonyl (C=O) groups excluding carboxylic acids is 2. The van der Waals surface area contributed by atoms with Crippen molar-refractivity contribution < 1.29 is 9.59 Å². The Balaban J connectivity index is 1.57. The Hall–Kier alpha value is -1.30. The number of carbonyl (C=O) groups is 2. The molecule has 0 N–H and O–H groups in total. The third kappa shape index (κ3) is 4.87. The van der Waals surface area contributed by atoms with Crippen molar-refractivity contribution in [2.24, 2.45) is 0 Å². The summed E-state index contributed by atoms with van der Waals surface area (Å²) in [7, 11) is 0. The summed E-state index contributed by atoms with van der Waals surface area (Å²) in [5.74, 6) is 0.210. The van der Waals surface area contributed by atoms with Crippen LogP contribution in [-0.2, 0) is 16.1 Å². The summed E-state index contributed by atoms with van der Waals surface area (Å²) in [6.45, 7) is 5.15. The van der Waals surface area contributed by atoms with E-state index in [9.17, 15) is 9.59 Å². The number of amides is 2. The average Bonchev–Trinajstić information content (AvgIpc) is 3.42. The summed E-state index contributed by atoms with van der Waals surface area (Å²) in [4.78, 5) is 29.9. The minimum atomic E-state index is 0.0753. The monoisotopic (exact) mass is 383 g/mol. The lowest BCUT2D eigenvalue weighted by Crippen LogP contribution is -2.52. The van der Waals surface area contributed by atoms with Crippen molar-refractivity contribution in [3.8, 4) is 0 Å². The smallest absolute Gasteiger partial charge is 0.236 e. The van der Waals surface area contributed by atoms with Crippen LogP contribution in [0.3, 0.4) is 0 Å². The first kappa shape index (κ1) is 18.5. The highest BCUT2D eigenvalue weighted by Crippen LogP contribution is 2.30. The molecular formula is C18H23Cl2N3O2. The molecule has 7 heteroatoms. The first-order chi connectivity index (χ1) is 11.9. The molecule has 0 bridgehead atoms. The van der Waals surface area contributed by atoms with Crippen molar-refractivity contribution in [2.45, 2.75) is 32.4 Å². The van der Waals surface area contributed by atoms with Crippen LogP contribution in [0.25, 0.3) is 0 Å². The van der Waals surface area contributed by atoms with Gasteiger partial charge in [0, 0.05) is 45.7 Å². The normalized spacial score (nSPS) is 17.9. The Bertz CT molecular complexity index is 656. The van der Waals surface area contributed by atoms with Crippen LogP contribution in [0.1, 0.15) is 25.3 Å². The Morgan fingerprint density at radius 3 is 2.28 bits per heavy atom. The minimum Gasteiger partial charge on any atom is -0.339 e. The van der Waals surface area contributed by atoms with Gasteiger partial charge < -0.3 is 9.80 Å². The topological polar surface area (TPSA) is 43.9 Å². The van der Waals surface area contributed by atoms with Crippen LogP contribution in [-0.4, -0.2) is 65.3 Å². The first-order valence-corrected chi connectivity index (χ1v) is 9.41. The Labute approximate surface area is 158 Å². The van der Waals surface area contributed by atoms with Crippen LogP contribution in [0.5, 0.6) is 0 Å². The van der Waals surface area contributed by atoms with Gasteiger partial charge in [-0.15, -0.1) is 0 Å². The second kappa shape index (κ2) is 7.94. The number of piperazine rings is 1. The lowest BCUT2D eigenvalue weighted by Gasteiger charge is -2.35. The van der Waals surface area contributed by atoms with Crippen molar-refractivity contribution in [1.29, 1.82) is 0 Å². The summed E-state index contributed by atoms with van der Waals surface area (Å²) >= 11 is 12.1. The molecule has 1 saturated heterocycles. The summed E-state index contributed by atoms with van der Waals surface area (Å²) in [5, 5.41) is 1.09. The molecule has 0 radical (unpaired) electrons. The van der Waals surface area contributed by atoms with E-state index in [1.54, 1.807) is 17.9 Å². The van der Waals surface area contributed by atoms with Gasteiger partial charge in [-0.05, 0) is 30.5 Å². The van der Waals surface area contributed by atoms with E-state index in [0.717, 1.165) is 18.4 Å². The van der Waals surface area contributed by atoms with E-state index in [-0.39, 0.29) is 11.8 Å². The quantitative estimate of drug-likeness (QED) is 0.784. The number of hydrogen-bond donors (Lipinski definition) is 0. The summed E-state index contributed by atoms with van der Waals surface area (Å²) in [6.07, 6.45) is 2.26. The highest BCUT2D eigenvalue weighted by molar-refractivity contribution is 6.42. The van der Waals surface area contributed by atoms with E-state index in [4.69, 9.17) is 23.2 Å². The zero-order valence-corrected chi connectivity index (χ0v) is 15.9. The van der Waals surface area contributed by atoms with Gasteiger partial charge in [-0.3, -0.25) is 14.5 Å². The molecule has 0 unspecified atom stereocenters. The number of nitrogens with zero attached hydrogens (tertiary/aromatic N) is 3. The fourth-order valence-electron chi connectivity index (χ4n) is 3.17. The number of hydrogen-bond acceptors (Lipinski definition) is 3. The van der Waals surface area contributed by atoms with Gasteiger partial charge in [0.05, 0.1) is 16.6 Å². The molecule has 136 valence electrons. The molecule has 1 aromatic carbocycles. The van der Waals surface area contributed by atoms with E-state index in [0.29, 0.717) is 55.4 Å². The van der Waals surface area contributed by atoms with Crippen molar-refractivity contribution in [3.05, 3.63) is 33.8 Å². The molecule has 2 aliphatic rings. The molecule has 1 saturated carbocycles. The molecule has 3 rings (SSSR count). The maximum atomic E-state index is 12.7.